The van der Waals surface area contributed by atoms with Crippen molar-refractivity contribution in [2.24, 2.45) is 5.92 Å². The van der Waals surface area contributed by atoms with Gasteiger partial charge in [0.25, 0.3) is 0 Å². The first-order valence-corrected chi connectivity index (χ1v) is 19.2. The number of carbonyl (C=O) groups is 2. The summed E-state index contributed by atoms with van der Waals surface area (Å²) in [6.45, 7) is 3.59. The Balaban J connectivity index is 0.984. The molecule has 10 nitrogen and oxygen atoms in total. The first-order valence-electron chi connectivity index (χ1n) is 19.2. The van der Waals surface area contributed by atoms with Gasteiger partial charge in [0.1, 0.15) is 17.6 Å². The van der Waals surface area contributed by atoms with Crippen molar-refractivity contribution in [3.05, 3.63) is 89.2 Å². The van der Waals surface area contributed by atoms with Crippen LogP contribution < -0.4 is 15.1 Å². The lowest BCUT2D eigenvalue weighted by atomic mass is 9.89. The highest BCUT2D eigenvalue weighted by Gasteiger charge is 2.40. The van der Waals surface area contributed by atoms with Crippen LogP contribution in [0.1, 0.15) is 86.3 Å². The number of imidazole rings is 1. The van der Waals surface area contributed by atoms with Crippen molar-refractivity contribution < 1.29 is 27.8 Å². The number of rotatable bonds is 8. The zero-order valence-electron chi connectivity index (χ0n) is 30.2. The molecule has 4 saturated heterocycles. The average molecular weight is 727 g/mol. The standard InChI is InChI=1S/C41H48F2N6O4/c1-52-41(51)46-37(28-15-21-53-22-16-28)40(50)49-18-6-10-36(49)39-44-33-12-11-29(23-34(33)45-39)35-9-5-17-48(35)30-24-31(42)38(32(43)25-30)47-19-13-27(14-20-47)26-7-3-2-4-8-26/h2-4,7-8,11-12,23-25,27-28,35-37H,5-6,9-10,13-22H2,1H3,(H,44,45)(H,46,51)/t35-,36+,37?/m1/s1. The number of aromatic nitrogens is 2. The Morgan fingerprint density at radius 3 is 2.32 bits per heavy atom. The van der Waals surface area contributed by atoms with Gasteiger partial charge in [0.15, 0.2) is 11.6 Å². The molecule has 4 aliphatic heterocycles. The number of anilines is 2. The molecule has 4 aliphatic rings. The molecule has 4 fully saturated rings. The second-order valence-electron chi connectivity index (χ2n) is 14.9. The van der Waals surface area contributed by atoms with Gasteiger partial charge in [-0.05, 0) is 98.6 Å². The largest absolute Gasteiger partial charge is 0.453 e. The quantitative estimate of drug-likeness (QED) is 0.195. The fourth-order valence-corrected chi connectivity index (χ4v) is 9.13. The van der Waals surface area contributed by atoms with Crippen LogP contribution >= 0.6 is 0 Å². The number of ether oxygens (including phenoxy) is 2. The molecule has 1 unspecified atom stereocenters. The lowest BCUT2D eigenvalue weighted by Gasteiger charge is -2.35. The van der Waals surface area contributed by atoms with Gasteiger partial charge in [-0.25, -0.2) is 18.6 Å². The Labute approximate surface area is 308 Å². The van der Waals surface area contributed by atoms with Crippen molar-refractivity contribution in [1.29, 1.82) is 0 Å². The summed E-state index contributed by atoms with van der Waals surface area (Å²) in [6, 6.07) is 18.5. The molecule has 0 radical (unpaired) electrons. The monoisotopic (exact) mass is 726 g/mol. The second kappa shape index (κ2) is 15.3. The summed E-state index contributed by atoms with van der Waals surface area (Å²) in [5, 5.41) is 2.81. The summed E-state index contributed by atoms with van der Waals surface area (Å²) in [7, 11) is 1.30. The molecule has 0 aliphatic carbocycles. The van der Waals surface area contributed by atoms with Gasteiger partial charge in [-0.3, -0.25) is 4.79 Å². The number of H-pyrrole nitrogens is 1. The van der Waals surface area contributed by atoms with Crippen molar-refractivity contribution >= 4 is 34.4 Å². The molecule has 1 aromatic heterocycles. The van der Waals surface area contributed by atoms with E-state index >= 15 is 8.78 Å². The van der Waals surface area contributed by atoms with E-state index in [9.17, 15) is 9.59 Å². The molecule has 12 heteroatoms. The van der Waals surface area contributed by atoms with E-state index in [0.29, 0.717) is 69.7 Å². The molecule has 2 N–H and O–H groups in total. The number of likely N-dealkylation sites (tertiary alicyclic amines) is 1. The van der Waals surface area contributed by atoms with E-state index in [2.05, 4.69) is 33.4 Å². The highest BCUT2D eigenvalue weighted by Crippen LogP contribution is 2.41. The Kier molecular flexibility index (Phi) is 10.2. The summed E-state index contributed by atoms with van der Waals surface area (Å²) >= 11 is 0. The van der Waals surface area contributed by atoms with E-state index in [0.717, 1.165) is 55.1 Å². The summed E-state index contributed by atoms with van der Waals surface area (Å²) in [4.78, 5) is 40.5. The first-order chi connectivity index (χ1) is 25.9. The molecule has 2 amide bonds. The number of nitrogens with one attached hydrogen (secondary N) is 2. The van der Waals surface area contributed by atoms with Gasteiger partial charge in [0.2, 0.25) is 5.91 Å². The molecule has 8 rings (SSSR count). The molecule has 0 saturated carbocycles. The molecule has 0 bridgehead atoms. The number of hydrogen-bond acceptors (Lipinski definition) is 7. The molecular weight excluding hydrogens is 678 g/mol. The second-order valence-corrected chi connectivity index (χ2v) is 14.9. The number of hydrogen-bond donors (Lipinski definition) is 2. The molecule has 5 heterocycles. The van der Waals surface area contributed by atoms with Crippen LogP contribution in [0.3, 0.4) is 0 Å². The number of alkyl carbamates (subject to hydrolysis) is 1. The van der Waals surface area contributed by atoms with Crippen molar-refractivity contribution in [3.63, 3.8) is 0 Å². The Bertz CT molecular complexity index is 1900. The highest BCUT2D eigenvalue weighted by molar-refractivity contribution is 5.87. The average Bonchev–Trinajstić information content (AvgIpc) is 3.97. The number of carbonyl (C=O) groups excluding carboxylic acids is 2. The summed E-state index contributed by atoms with van der Waals surface area (Å²) in [6.07, 6.45) is 5.80. The van der Waals surface area contributed by atoms with E-state index in [4.69, 9.17) is 14.5 Å². The molecule has 280 valence electrons. The Morgan fingerprint density at radius 1 is 0.868 bits per heavy atom. The minimum atomic E-state index is -0.702. The van der Waals surface area contributed by atoms with Crippen LogP contribution in [0.4, 0.5) is 25.0 Å². The highest BCUT2D eigenvalue weighted by atomic mass is 19.1. The molecule has 3 aromatic carbocycles. The van der Waals surface area contributed by atoms with Crippen molar-refractivity contribution in [3.8, 4) is 0 Å². The SMILES string of the molecule is COC(=O)NC(C(=O)N1CCC[C@H]1c1nc2ccc([C@H]3CCCN3c3cc(F)c(N4CCC(c5ccccc5)CC4)c(F)c3)cc2[nH]1)C1CCOCC1. The fraction of sp³-hybridized carbons (Fsp3) is 0.488. The summed E-state index contributed by atoms with van der Waals surface area (Å²) < 4.78 is 42.0. The minimum absolute atomic E-state index is 0.0419. The van der Waals surface area contributed by atoms with Gasteiger partial charge in [-0.1, -0.05) is 36.4 Å². The zero-order valence-corrected chi connectivity index (χ0v) is 30.2. The maximum Gasteiger partial charge on any atom is 0.407 e. The van der Waals surface area contributed by atoms with Crippen LogP contribution in [-0.2, 0) is 14.3 Å². The van der Waals surface area contributed by atoms with E-state index in [-0.39, 0.29) is 29.6 Å². The molecule has 4 aromatic rings. The zero-order chi connectivity index (χ0) is 36.5. The minimum Gasteiger partial charge on any atom is -0.453 e. The predicted octanol–water partition coefficient (Wildman–Crippen LogP) is 7.38. The number of aromatic amines is 1. The molecular formula is C41H48F2N6O4. The number of piperidine rings is 1. The fourth-order valence-electron chi connectivity index (χ4n) is 9.13. The summed E-state index contributed by atoms with van der Waals surface area (Å²) in [5.74, 6) is -0.101. The maximum absolute atomic E-state index is 15.8. The lowest BCUT2D eigenvalue weighted by molar-refractivity contribution is -0.136. The van der Waals surface area contributed by atoms with E-state index in [1.807, 2.05) is 40.1 Å². The van der Waals surface area contributed by atoms with Gasteiger partial charge in [0, 0.05) is 45.1 Å². The van der Waals surface area contributed by atoms with Crippen molar-refractivity contribution in [2.75, 3.05) is 56.3 Å². The smallest absolute Gasteiger partial charge is 0.407 e. The van der Waals surface area contributed by atoms with E-state index < -0.39 is 23.8 Å². The van der Waals surface area contributed by atoms with E-state index in [1.54, 1.807) is 0 Å². The number of amides is 2. The Hall–Kier alpha value is -4.71. The first kappa shape index (κ1) is 35.3. The molecule has 0 spiro atoms. The lowest BCUT2D eigenvalue weighted by Crippen LogP contribution is -2.53. The van der Waals surface area contributed by atoms with Crippen LogP contribution in [0.25, 0.3) is 11.0 Å². The third-order valence-corrected chi connectivity index (χ3v) is 11.9. The van der Waals surface area contributed by atoms with Crippen molar-refractivity contribution in [1.82, 2.24) is 20.2 Å². The topological polar surface area (TPSA) is 103 Å². The maximum atomic E-state index is 15.8. The predicted molar refractivity (Wildman–Crippen MR) is 199 cm³/mol. The van der Waals surface area contributed by atoms with Gasteiger partial charge < -0.3 is 34.5 Å². The van der Waals surface area contributed by atoms with Crippen LogP contribution in [0.15, 0.2) is 60.7 Å². The number of nitrogens with zero attached hydrogens (tertiary/aromatic N) is 4. The third-order valence-electron chi connectivity index (χ3n) is 11.9. The van der Waals surface area contributed by atoms with Crippen LogP contribution in [0.2, 0.25) is 0 Å². The van der Waals surface area contributed by atoms with Crippen molar-refractivity contribution in [2.45, 2.75) is 75.4 Å². The number of fused-ring (bicyclic) bond motifs is 1. The molecule has 3 atom stereocenters. The number of methoxy groups -OCH3 is 1. The van der Waals surface area contributed by atoms with Gasteiger partial charge in [-0.2, -0.15) is 0 Å². The molecule has 53 heavy (non-hydrogen) atoms. The van der Waals surface area contributed by atoms with Crippen LogP contribution in [0, 0.1) is 17.6 Å². The third kappa shape index (κ3) is 7.17. The summed E-state index contributed by atoms with van der Waals surface area (Å²) in [5.41, 5.74) is 4.59. The van der Waals surface area contributed by atoms with Crippen LogP contribution in [0.5, 0.6) is 0 Å². The van der Waals surface area contributed by atoms with Gasteiger partial charge >= 0.3 is 6.09 Å². The van der Waals surface area contributed by atoms with E-state index in [1.165, 1.54) is 24.8 Å². The number of benzene rings is 3. The van der Waals surface area contributed by atoms with Gasteiger partial charge in [-0.15, -0.1) is 0 Å². The van der Waals surface area contributed by atoms with Gasteiger partial charge in [0.05, 0.1) is 30.2 Å². The Morgan fingerprint density at radius 2 is 1.58 bits per heavy atom. The number of halogens is 2. The van der Waals surface area contributed by atoms with Crippen LogP contribution in [-0.4, -0.2) is 79.4 Å². The normalized spacial score (nSPS) is 22.1.